The minimum absolute atomic E-state index is 0.645. The molecule has 118 valence electrons. The van der Waals surface area contributed by atoms with Gasteiger partial charge in [0.25, 0.3) is 0 Å². The van der Waals surface area contributed by atoms with Gasteiger partial charge in [0.15, 0.2) is 5.96 Å². The third kappa shape index (κ3) is 5.04. The summed E-state index contributed by atoms with van der Waals surface area (Å²) in [5.74, 6) is 0.880. The number of likely N-dealkylation sites (N-methyl/N-ethyl adjacent to an activating group) is 1. The van der Waals surface area contributed by atoms with E-state index in [1.54, 1.807) is 6.20 Å². The molecule has 0 amide bonds. The van der Waals surface area contributed by atoms with Gasteiger partial charge in [-0.15, -0.1) is 0 Å². The number of aliphatic imine (C=N–C) groups is 1. The highest BCUT2D eigenvalue weighted by Gasteiger charge is 2.27. The summed E-state index contributed by atoms with van der Waals surface area (Å²) in [6.45, 7) is 8.99. The largest absolute Gasteiger partial charge is 0.357 e. The Balaban J connectivity index is 1.79. The van der Waals surface area contributed by atoms with Crippen LogP contribution in [-0.4, -0.2) is 52.9 Å². The van der Waals surface area contributed by atoms with Crippen LogP contribution in [0.25, 0.3) is 0 Å². The molecule has 2 rings (SSSR count). The molecular formula is C15H28N6. The van der Waals surface area contributed by atoms with Crippen molar-refractivity contribution >= 4 is 5.96 Å². The second-order valence-electron chi connectivity index (χ2n) is 5.43. The molecule has 0 aromatic carbocycles. The standard InChI is InChI=1S/C15H28N6/c1-4-16-15(18-12-14-8-9-19-20(14)3)17-10-11-21(5-2)13-6-7-13/h8-9,13H,4-7,10-12H2,1-3H3,(H2,16,17,18). The van der Waals surface area contributed by atoms with Crippen molar-refractivity contribution in [2.24, 2.45) is 12.0 Å². The molecule has 0 aliphatic heterocycles. The van der Waals surface area contributed by atoms with Crippen molar-refractivity contribution in [2.75, 3.05) is 26.2 Å². The molecule has 1 fully saturated rings. The van der Waals surface area contributed by atoms with E-state index < -0.39 is 0 Å². The van der Waals surface area contributed by atoms with Gasteiger partial charge in [0.05, 0.1) is 12.2 Å². The quantitative estimate of drug-likeness (QED) is 0.553. The van der Waals surface area contributed by atoms with Gasteiger partial charge in [0, 0.05) is 38.9 Å². The topological polar surface area (TPSA) is 57.5 Å². The summed E-state index contributed by atoms with van der Waals surface area (Å²) in [5, 5.41) is 10.9. The van der Waals surface area contributed by atoms with Crippen LogP contribution in [0.2, 0.25) is 0 Å². The molecule has 0 atom stereocenters. The van der Waals surface area contributed by atoms with Gasteiger partial charge in [-0.2, -0.15) is 5.10 Å². The molecule has 1 aliphatic carbocycles. The van der Waals surface area contributed by atoms with E-state index in [1.165, 1.54) is 12.8 Å². The lowest BCUT2D eigenvalue weighted by Gasteiger charge is -2.20. The van der Waals surface area contributed by atoms with Gasteiger partial charge in [-0.05, 0) is 32.4 Å². The Labute approximate surface area is 127 Å². The number of guanidine groups is 1. The van der Waals surface area contributed by atoms with Gasteiger partial charge in [-0.25, -0.2) is 4.99 Å². The van der Waals surface area contributed by atoms with E-state index in [0.717, 1.165) is 43.9 Å². The fourth-order valence-electron chi connectivity index (χ4n) is 2.41. The van der Waals surface area contributed by atoms with Crippen LogP contribution >= 0.6 is 0 Å². The molecule has 6 nitrogen and oxygen atoms in total. The van der Waals surface area contributed by atoms with Gasteiger partial charge in [0.2, 0.25) is 0 Å². The Morgan fingerprint density at radius 1 is 1.43 bits per heavy atom. The van der Waals surface area contributed by atoms with Crippen LogP contribution in [0, 0.1) is 0 Å². The fourth-order valence-corrected chi connectivity index (χ4v) is 2.41. The Hall–Kier alpha value is -1.56. The third-order valence-electron chi connectivity index (χ3n) is 3.83. The zero-order valence-corrected chi connectivity index (χ0v) is 13.5. The zero-order valence-electron chi connectivity index (χ0n) is 13.5. The van der Waals surface area contributed by atoms with Gasteiger partial charge in [0.1, 0.15) is 0 Å². The number of aromatic nitrogens is 2. The Morgan fingerprint density at radius 3 is 2.81 bits per heavy atom. The van der Waals surface area contributed by atoms with Crippen molar-refractivity contribution in [3.8, 4) is 0 Å². The van der Waals surface area contributed by atoms with Crippen molar-refractivity contribution in [3.05, 3.63) is 18.0 Å². The normalized spacial score (nSPS) is 15.5. The van der Waals surface area contributed by atoms with Crippen LogP contribution < -0.4 is 10.6 Å². The average Bonchev–Trinajstić information content (AvgIpc) is 3.24. The van der Waals surface area contributed by atoms with Crippen molar-refractivity contribution in [3.63, 3.8) is 0 Å². The lowest BCUT2D eigenvalue weighted by molar-refractivity contribution is 0.282. The fraction of sp³-hybridized carbons (Fsp3) is 0.733. The maximum atomic E-state index is 4.61. The first-order valence-corrected chi connectivity index (χ1v) is 7.97. The van der Waals surface area contributed by atoms with Crippen LogP contribution in [0.15, 0.2) is 17.3 Å². The van der Waals surface area contributed by atoms with Crippen molar-refractivity contribution in [1.82, 2.24) is 25.3 Å². The molecule has 0 saturated heterocycles. The highest BCUT2D eigenvalue weighted by Crippen LogP contribution is 2.25. The number of aryl methyl sites for hydroxylation is 1. The summed E-state index contributed by atoms with van der Waals surface area (Å²) in [4.78, 5) is 7.15. The van der Waals surface area contributed by atoms with Crippen LogP contribution in [0.5, 0.6) is 0 Å². The number of hydrogen-bond donors (Lipinski definition) is 2. The van der Waals surface area contributed by atoms with E-state index in [0.29, 0.717) is 6.54 Å². The van der Waals surface area contributed by atoms with E-state index in [-0.39, 0.29) is 0 Å². The van der Waals surface area contributed by atoms with E-state index in [4.69, 9.17) is 0 Å². The predicted molar refractivity (Wildman–Crippen MR) is 86.3 cm³/mol. The average molecular weight is 292 g/mol. The van der Waals surface area contributed by atoms with Gasteiger partial charge >= 0.3 is 0 Å². The van der Waals surface area contributed by atoms with Crippen LogP contribution in [-0.2, 0) is 13.6 Å². The molecule has 1 aromatic heterocycles. The monoisotopic (exact) mass is 292 g/mol. The first-order valence-electron chi connectivity index (χ1n) is 7.97. The molecule has 1 heterocycles. The molecule has 1 aliphatic rings. The lowest BCUT2D eigenvalue weighted by Crippen LogP contribution is -2.42. The van der Waals surface area contributed by atoms with Crippen LogP contribution in [0.1, 0.15) is 32.4 Å². The number of nitrogens with zero attached hydrogens (tertiary/aromatic N) is 4. The van der Waals surface area contributed by atoms with E-state index in [1.807, 2.05) is 17.8 Å². The van der Waals surface area contributed by atoms with E-state index in [9.17, 15) is 0 Å². The molecule has 6 heteroatoms. The first kappa shape index (κ1) is 15.8. The summed E-state index contributed by atoms with van der Waals surface area (Å²) in [7, 11) is 1.94. The molecule has 21 heavy (non-hydrogen) atoms. The zero-order chi connectivity index (χ0) is 15.1. The number of nitrogens with one attached hydrogen (secondary N) is 2. The highest BCUT2D eigenvalue weighted by molar-refractivity contribution is 5.79. The summed E-state index contributed by atoms with van der Waals surface area (Å²) < 4.78 is 1.86. The predicted octanol–water partition coefficient (Wildman–Crippen LogP) is 0.960. The molecule has 1 saturated carbocycles. The van der Waals surface area contributed by atoms with E-state index >= 15 is 0 Å². The number of rotatable bonds is 8. The maximum absolute atomic E-state index is 4.61. The molecule has 1 aromatic rings. The molecular weight excluding hydrogens is 264 g/mol. The second-order valence-corrected chi connectivity index (χ2v) is 5.43. The van der Waals surface area contributed by atoms with Crippen LogP contribution in [0.4, 0.5) is 0 Å². The van der Waals surface area contributed by atoms with Crippen molar-refractivity contribution < 1.29 is 0 Å². The molecule has 2 N–H and O–H groups in total. The second kappa shape index (κ2) is 8.02. The van der Waals surface area contributed by atoms with Gasteiger partial charge < -0.3 is 10.6 Å². The van der Waals surface area contributed by atoms with Crippen molar-refractivity contribution in [2.45, 2.75) is 39.3 Å². The summed E-state index contributed by atoms with van der Waals surface area (Å²) in [5.41, 5.74) is 1.11. The minimum Gasteiger partial charge on any atom is -0.357 e. The van der Waals surface area contributed by atoms with E-state index in [2.05, 4.69) is 39.5 Å². The lowest BCUT2D eigenvalue weighted by atomic mass is 10.4. The van der Waals surface area contributed by atoms with Crippen LogP contribution in [0.3, 0.4) is 0 Å². The summed E-state index contributed by atoms with van der Waals surface area (Å²) in [6, 6.07) is 2.82. The molecule has 0 radical (unpaired) electrons. The smallest absolute Gasteiger partial charge is 0.191 e. The SMILES string of the molecule is CCNC(=NCc1ccnn1C)NCCN(CC)C1CC1. The minimum atomic E-state index is 0.645. The molecule has 0 spiro atoms. The summed E-state index contributed by atoms with van der Waals surface area (Å²) in [6.07, 6.45) is 4.53. The molecule has 0 bridgehead atoms. The Bertz CT molecular complexity index is 449. The van der Waals surface area contributed by atoms with Gasteiger partial charge in [-0.3, -0.25) is 9.58 Å². The number of hydrogen-bond acceptors (Lipinski definition) is 3. The summed E-state index contributed by atoms with van der Waals surface area (Å²) >= 11 is 0. The first-order chi connectivity index (χ1) is 10.2. The molecule has 0 unspecified atom stereocenters. The van der Waals surface area contributed by atoms with Crippen molar-refractivity contribution in [1.29, 1.82) is 0 Å². The maximum Gasteiger partial charge on any atom is 0.191 e. The third-order valence-corrected chi connectivity index (χ3v) is 3.83. The van der Waals surface area contributed by atoms with Gasteiger partial charge in [-0.1, -0.05) is 6.92 Å². The Kier molecular flexibility index (Phi) is 6.04. The highest BCUT2D eigenvalue weighted by atomic mass is 15.3. The Morgan fingerprint density at radius 2 is 2.24 bits per heavy atom.